The second-order valence-electron chi connectivity index (χ2n) is 7.72. The number of fused-ring (bicyclic) bond motifs is 1. The van der Waals surface area contributed by atoms with Crippen molar-refractivity contribution in [3.8, 4) is 0 Å². The van der Waals surface area contributed by atoms with Gasteiger partial charge in [-0.2, -0.15) is 0 Å². The molecule has 2 aliphatic heterocycles. The van der Waals surface area contributed by atoms with Crippen molar-refractivity contribution in [1.82, 2.24) is 15.1 Å². The molecule has 0 aliphatic carbocycles. The molecule has 2 heterocycles. The number of thioether (sulfide) groups is 1. The zero-order valence-electron chi connectivity index (χ0n) is 16.0. The van der Waals surface area contributed by atoms with Crippen molar-refractivity contribution in [2.75, 3.05) is 32.4 Å². The van der Waals surface area contributed by atoms with Crippen molar-refractivity contribution in [3.05, 3.63) is 28.2 Å². The number of benzene rings is 1. The van der Waals surface area contributed by atoms with Gasteiger partial charge in [-0.25, -0.2) is 0 Å². The molecule has 0 radical (unpaired) electrons. The van der Waals surface area contributed by atoms with E-state index >= 15 is 0 Å². The van der Waals surface area contributed by atoms with Crippen LogP contribution in [0.4, 0.5) is 0 Å². The second kappa shape index (κ2) is 9.09. The minimum Gasteiger partial charge on any atom is -0.352 e. The highest BCUT2D eigenvalue weighted by atomic mass is 79.9. The first-order chi connectivity index (χ1) is 12.4. The van der Waals surface area contributed by atoms with Gasteiger partial charge in [0.25, 0.3) is 0 Å². The Balaban J connectivity index is 1.53. The zero-order valence-corrected chi connectivity index (χ0v) is 18.4. The molecule has 26 heavy (non-hydrogen) atoms. The molecule has 0 aromatic heterocycles. The summed E-state index contributed by atoms with van der Waals surface area (Å²) in [6.07, 6.45) is 3.21. The third-order valence-electron chi connectivity index (χ3n) is 5.53. The minimum absolute atomic E-state index is 0.158. The molecule has 1 unspecified atom stereocenters. The van der Waals surface area contributed by atoms with Crippen molar-refractivity contribution in [1.29, 1.82) is 0 Å². The summed E-state index contributed by atoms with van der Waals surface area (Å²) >= 11 is 5.50. The van der Waals surface area contributed by atoms with Gasteiger partial charge in [-0.05, 0) is 69.7 Å². The first-order valence-corrected chi connectivity index (χ1v) is 11.4. The maximum Gasteiger partial charge on any atom is 0.234 e. The highest BCUT2D eigenvalue weighted by Gasteiger charge is 2.27. The van der Waals surface area contributed by atoms with Crippen LogP contribution in [0.5, 0.6) is 0 Å². The summed E-state index contributed by atoms with van der Waals surface area (Å²) in [5.41, 5.74) is 1.34. The predicted molar refractivity (Wildman–Crippen MR) is 113 cm³/mol. The van der Waals surface area contributed by atoms with E-state index in [4.69, 9.17) is 0 Å². The van der Waals surface area contributed by atoms with Gasteiger partial charge in [0.1, 0.15) is 0 Å². The lowest BCUT2D eigenvalue weighted by Crippen LogP contribution is -2.48. The molecule has 1 amide bonds. The number of nitrogens with one attached hydrogen (secondary N) is 1. The van der Waals surface area contributed by atoms with Crippen LogP contribution >= 0.6 is 27.7 Å². The summed E-state index contributed by atoms with van der Waals surface area (Å²) in [6.45, 7) is 7.12. The fraction of sp³-hybridized carbons (Fsp3) is 0.650. The van der Waals surface area contributed by atoms with Gasteiger partial charge in [-0.3, -0.25) is 9.69 Å². The lowest BCUT2D eigenvalue weighted by Gasteiger charge is -2.36. The molecular weight excluding hydrogens is 410 g/mol. The highest BCUT2D eigenvalue weighted by molar-refractivity contribution is 9.10. The average Bonchev–Trinajstić information content (AvgIpc) is 2.61. The Kier molecular flexibility index (Phi) is 7.05. The molecular formula is C20H30BrN3OS. The maximum atomic E-state index is 12.6. The van der Waals surface area contributed by atoms with Crippen molar-refractivity contribution >= 4 is 33.6 Å². The molecule has 1 saturated heterocycles. The molecule has 0 bridgehead atoms. The number of rotatable bonds is 5. The number of likely N-dealkylation sites (N-methyl/N-ethyl adjacent to an activating group) is 1. The number of hydrogen-bond donors (Lipinski definition) is 1. The van der Waals surface area contributed by atoms with Gasteiger partial charge >= 0.3 is 0 Å². The van der Waals surface area contributed by atoms with E-state index in [1.54, 1.807) is 0 Å². The lowest BCUT2D eigenvalue weighted by atomic mass is 10.0. The van der Waals surface area contributed by atoms with Crippen LogP contribution in [0.3, 0.4) is 0 Å². The Labute approximate surface area is 170 Å². The summed E-state index contributed by atoms with van der Waals surface area (Å²) in [7, 11) is 2.08. The summed E-state index contributed by atoms with van der Waals surface area (Å²) in [5, 5.41) is 3.26. The number of amides is 1. The molecule has 1 atom stereocenters. The minimum atomic E-state index is 0.158. The smallest absolute Gasteiger partial charge is 0.234 e. The fourth-order valence-electron chi connectivity index (χ4n) is 3.98. The number of piperidine rings is 1. The Morgan fingerprint density at radius 3 is 2.77 bits per heavy atom. The van der Waals surface area contributed by atoms with Crippen LogP contribution in [0.15, 0.2) is 27.6 Å². The summed E-state index contributed by atoms with van der Waals surface area (Å²) in [6, 6.07) is 7.74. The molecule has 0 spiro atoms. The molecule has 2 aliphatic rings. The van der Waals surface area contributed by atoms with Gasteiger partial charge in [0.2, 0.25) is 5.91 Å². The van der Waals surface area contributed by atoms with Gasteiger partial charge in [-0.15, -0.1) is 11.8 Å². The monoisotopic (exact) mass is 439 g/mol. The number of hydrogen-bond acceptors (Lipinski definition) is 4. The van der Waals surface area contributed by atoms with Crippen LogP contribution in [0.2, 0.25) is 0 Å². The van der Waals surface area contributed by atoms with E-state index in [9.17, 15) is 4.79 Å². The Morgan fingerprint density at radius 1 is 1.35 bits per heavy atom. The average molecular weight is 440 g/mol. The quantitative estimate of drug-likeness (QED) is 0.753. The largest absolute Gasteiger partial charge is 0.352 e. The molecule has 1 aromatic rings. The van der Waals surface area contributed by atoms with Gasteiger partial charge in [0.15, 0.2) is 0 Å². The number of likely N-dealkylation sites (tertiary alicyclic amines) is 1. The van der Waals surface area contributed by atoms with Crippen molar-refractivity contribution in [3.63, 3.8) is 0 Å². The molecule has 1 aromatic carbocycles. The van der Waals surface area contributed by atoms with E-state index in [2.05, 4.69) is 70.1 Å². The fourth-order valence-corrected chi connectivity index (χ4v) is 5.44. The normalized spacial score (nSPS) is 21.8. The van der Waals surface area contributed by atoms with Crippen LogP contribution in [-0.2, 0) is 4.79 Å². The summed E-state index contributed by atoms with van der Waals surface area (Å²) in [5.74, 6) is 1.27. The molecule has 0 saturated carbocycles. The van der Waals surface area contributed by atoms with Crippen molar-refractivity contribution in [2.24, 2.45) is 0 Å². The predicted octanol–water partition coefficient (Wildman–Crippen LogP) is 3.91. The molecule has 4 nitrogen and oxygen atoms in total. The third kappa shape index (κ3) is 5.03. The highest BCUT2D eigenvalue weighted by Crippen LogP contribution is 2.40. The number of carbonyl (C=O) groups is 1. The first-order valence-electron chi connectivity index (χ1n) is 9.60. The molecule has 6 heteroatoms. The Hall–Kier alpha value is -0.560. The topological polar surface area (TPSA) is 35.6 Å². The Morgan fingerprint density at radius 2 is 2.08 bits per heavy atom. The van der Waals surface area contributed by atoms with E-state index in [0.29, 0.717) is 24.7 Å². The van der Waals surface area contributed by atoms with Crippen molar-refractivity contribution < 1.29 is 4.79 Å². The van der Waals surface area contributed by atoms with Crippen LogP contribution in [0.1, 0.15) is 44.7 Å². The SMILES string of the molecule is CC(C)N1CCC(NC(=O)CN(C)C2CCSc3ccc(Br)cc32)CC1. The van der Waals surface area contributed by atoms with E-state index < -0.39 is 0 Å². The summed E-state index contributed by atoms with van der Waals surface area (Å²) in [4.78, 5) is 18.6. The third-order valence-corrected chi connectivity index (χ3v) is 7.15. The van der Waals surface area contributed by atoms with E-state index in [1.807, 2.05) is 11.8 Å². The van der Waals surface area contributed by atoms with Gasteiger partial charge in [0.05, 0.1) is 6.54 Å². The second-order valence-corrected chi connectivity index (χ2v) is 9.77. The van der Waals surface area contributed by atoms with E-state index in [0.717, 1.165) is 42.6 Å². The number of nitrogens with zero attached hydrogens (tertiary/aromatic N) is 2. The van der Waals surface area contributed by atoms with Crippen LogP contribution < -0.4 is 5.32 Å². The van der Waals surface area contributed by atoms with Gasteiger partial charge < -0.3 is 10.2 Å². The molecule has 1 N–H and O–H groups in total. The van der Waals surface area contributed by atoms with E-state index in [-0.39, 0.29) is 5.91 Å². The molecule has 1 fully saturated rings. The maximum absolute atomic E-state index is 12.6. The molecule has 3 rings (SSSR count). The van der Waals surface area contributed by atoms with Crippen molar-refractivity contribution in [2.45, 2.75) is 56.1 Å². The van der Waals surface area contributed by atoms with Crippen LogP contribution in [0, 0.1) is 0 Å². The van der Waals surface area contributed by atoms with E-state index in [1.165, 1.54) is 10.5 Å². The van der Waals surface area contributed by atoms with Crippen LogP contribution in [0.25, 0.3) is 0 Å². The van der Waals surface area contributed by atoms with Gasteiger partial charge in [-0.1, -0.05) is 15.9 Å². The summed E-state index contributed by atoms with van der Waals surface area (Å²) < 4.78 is 1.11. The first kappa shape index (κ1) is 20.2. The number of carbonyl (C=O) groups excluding carboxylic acids is 1. The lowest BCUT2D eigenvalue weighted by molar-refractivity contribution is -0.123. The molecule has 144 valence electrons. The standard InChI is InChI=1S/C20H30BrN3OS/c1-14(2)24-9-6-16(7-10-24)22-20(25)13-23(3)18-8-11-26-19-5-4-15(21)12-17(18)19/h4-5,12,14,16,18H,6-11,13H2,1-3H3,(H,22,25). The Bertz CT molecular complexity index is 631. The van der Waals surface area contributed by atoms with Crippen LogP contribution in [-0.4, -0.2) is 60.2 Å². The number of halogens is 1. The zero-order chi connectivity index (χ0) is 18.7. The van der Waals surface area contributed by atoms with Gasteiger partial charge in [0, 0.05) is 40.6 Å².